The van der Waals surface area contributed by atoms with E-state index in [4.69, 9.17) is 4.74 Å². The number of piperazine rings is 1. The molecule has 0 spiro atoms. The normalized spacial score (nSPS) is 15.0. The first-order valence-corrected chi connectivity index (χ1v) is 9.34. The molecule has 1 aromatic carbocycles. The topological polar surface area (TPSA) is 74.8 Å². The van der Waals surface area contributed by atoms with Gasteiger partial charge in [0.2, 0.25) is 5.91 Å². The van der Waals surface area contributed by atoms with Gasteiger partial charge in [-0.15, -0.1) is 0 Å². The van der Waals surface area contributed by atoms with Crippen LogP contribution in [-0.2, 0) is 4.79 Å². The number of carbonyl (C=O) groups is 2. The van der Waals surface area contributed by atoms with Crippen LogP contribution in [-0.4, -0.2) is 73.0 Å². The molecule has 2 aromatic rings. The van der Waals surface area contributed by atoms with Crippen LogP contribution in [0, 0.1) is 0 Å². The summed E-state index contributed by atoms with van der Waals surface area (Å²) in [6.07, 6.45) is 0.930. The number of pyridine rings is 1. The number of hydrogen-bond donors (Lipinski definition) is 1. The van der Waals surface area contributed by atoms with Gasteiger partial charge in [-0.05, 0) is 30.7 Å². The number of aromatic nitrogens is 1. The molecule has 7 heteroatoms. The van der Waals surface area contributed by atoms with Gasteiger partial charge in [0.05, 0.1) is 19.2 Å². The molecule has 1 aromatic heterocycles. The van der Waals surface area contributed by atoms with Crippen molar-refractivity contribution in [1.29, 1.82) is 0 Å². The highest BCUT2D eigenvalue weighted by molar-refractivity contribution is 5.95. The smallest absolute Gasteiger partial charge is 0.272 e. The molecule has 144 valence electrons. The van der Waals surface area contributed by atoms with E-state index >= 15 is 0 Å². The SMILES string of the molecule is CCCNC(=O)CN1CCN(C(=O)c2ccc3cc(OC)ccc3n2)CC1. The van der Waals surface area contributed by atoms with Crippen LogP contribution in [0.3, 0.4) is 0 Å². The zero-order chi connectivity index (χ0) is 19.2. The van der Waals surface area contributed by atoms with Gasteiger partial charge in [0, 0.05) is 38.1 Å². The molecule has 3 rings (SSSR count). The average Bonchev–Trinajstić information content (AvgIpc) is 2.71. The van der Waals surface area contributed by atoms with E-state index in [1.165, 1.54) is 0 Å². The highest BCUT2D eigenvalue weighted by Gasteiger charge is 2.24. The Morgan fingerprint density at radius 2 is 1.93 bits per heavy atom. The molecule has 1 saturated heterocycles. The number of hydrogen-bond acceptors (Lipinski definition) is 5. The zero-order valence-electron chi connectivity index (χ0n) is 15.9. The summed E-state index contributed by atoms with van der Waals surface area (Å²) in [5.41, 5.74) is 1.22. The monoisotopic (exact) mass is 370 g/mol. The Kier molecular flexibility index (Phi) is 6.24. The summed E-state index contributed by atoms with van der Waals surface area (Å²) in [6, 6.07) is 9.25. The largest absolute Gasteiger partial charge is 0.497 e. The first-order valence-electron chi connectivity index (χ1n) is 9.34. The van der Waals surface area contributed by atoms with E-state index in [2.05, 4.69) is 15.2 Å². The van der Waals surface area contributed by atoms with Gasteiger partial charge >= 0.3 is 0 Å². The first kappa shape index (κ1) is 19.1. The van der Waals surface area contributed by atoms with Gasteiger partial charge < -0.3 is 15.0 Å². The second kappa shape index (κ2) is 8.81. The maximum atomic E-state index is 12.8. The predicted octanol–water partition coefficient (Wildman–Crippen LogP) is 1.53. The van der Waals surface area contributed by atoms with Gasteiger partial charge in [0.15, 0.2) is 0 Å². The maximum absolute atomic E-state index is 12.8. The lowest BCUT2D eigenvalue weighted by Gasteiger charge is -2.34. The fourth-order valence-electron chi connectivity index (χ4n) is 3.14. The predicted molar refractivity (Wildman–Crippen MR) is 104 cm³/mol. The fourth-order valence-corrected chi connectivity index (χ4v) is 3.14. The summed E-state index contributed by atoms with van der Waals surface area (Å²) in [4.78, 5) is 33.0. The van der Waals surface area contributed by atoms with E-state index in [-0.39, 0.29) is 11.8 Å². The number of nitrogens with one attached hydrogen (secondary N) is 1. The Balaban J connectivity index is 1.59. The van der Waals surface area contributed by atoms with Crippen molar-refractivity contribution in [2.24, 2.45) is 0 Å². The lowest BCUT2D eigenvalue weighted by Crippen LogP contribution is -2.51. The van der Waals surface area contributed by atoms with Crippen LogP contribution in [0.5, 0.6) is 5.75 Å². The van der Waals surface area contributed by atoms with Crippen LogP contribution in [0.4, 0.5) is 0 Å². The lowest BCUT2D eigenvalue weighted by molar-refractivity contribution is -0.122. The molecule has 1 aliphatic rings. The summed E-state index contributed by atoms with van der Waals surface area (Å²) >= 11 is 0. The molecular formula is C20H26N4O3. The molecule has 1 N–H and O–H groups in total. The van der Waals surface area contributed by atoms with E-state index < -0.39 is 0 Å². The van der Waals surface area contributed by atoms with Crippen LogP contribution >= 0.6 is 0 Å². The number of amides is 2. The number of methoxy groups -OCH3 is 1. The van der Waals surface area contributed by atoms with Crippen molar-refractivity contribution in [3.63, 3.8) is 0 Å². The second-order valence-corrected chi connectivity index (χ2v) is 6.67. The average molecular weight is 370 g/mol. The number of carbonyl (C=O) groups excluding carboxylic acids is 2. The number of rotatable bonds is 6. The molecule has 0 bridgehead atoms. The van der Waals surface area contributed by atoms with E-state index in [1.807, 2.05) is 31.2 Å². The van der Waals surface area contributed by atoms with Crippen LogP contribution < -0.4 is 10.1 Å². The number of fused-ring (bicyclic) bond motifs is 1. The first-order chi connectivity index (χ1) is 13.1. The highest BCUT2D eigenvalue weighted by atomic mass is 16.5. The van der Waals surface area contributed by atoms with Crippen LogP contribution in [0.1, 0.15) is 23.8 Å². The third-order valence-corrected chi connectivity index (χ3v) is 4.71. The summed E-state index contributed by atoms with van der Waals surface area (Å²) in [7, 11) is 1.62. The lowest BCUT2D eigenvalue weighted by atomic mass is 10.2. The second-order valence-electron chi connectivity index (χ2n) is 6.67. The highest BCUT2D eigenvalue weighted by Crippen LogP contribution is 2.20. The van der Waals surface area contributed by atoms with Gasteiger partial charge in [-0.3, -0.25) is 14.5 Å². The van der Waals surface area contributed by atoms with E-state index in [1.54, 1.807) is 18.1 Å². The van der Waals surface area contributed by atoms with Crippen molar-refractivity contribution >= 4 is 22.7 Å². The molecular weight excluding hydrogens is 344 g/mol. The van der Waals surface area contributed by atoms with Crippen LogP contribution in [0.15, 0.2) is 30.3 Å². The molecule has 7 nitrogen and oxygen atoms in total. The van der Waals surface area contributed by atoms with E-state index in [9.17, 15) is 9.59 Å². The van der Waals surface area contributed by atoms with Gasteiger partial charge in [-0.25, -0.2) is 4.98 Å². The van der Waals surface area contributed by atoms with Gasteiger partial charge in [-0.2, -0.15) is 0 Å². The number of nitrogens with zero attached hydrogens (tertiary/aromatic N) is 3. The van der Waals surface area contributed by atoms with Crippen molar-refractivity contribution in [3.8, 4) is 5.75 Å². The standard InChI is InChI=1S/C20H26N4O3/c1-3-8-21-19(25)14-23-9-11-24(12-10-23)20(26)18-6-4-15-13-16(27-2)5-7-17(15)22-18/h4-7,13H,3,8-12,14H2,1-2H3,(H,21,25). The Morgan fingerprint density at radius 3 is 2.63 bits per heavy atom. The van der Waals surface area contributed by atoms with Crippen molar-refractivity contribution in [2.45, 2.75) is 13.3 Å². The minimum absolute atomic E-state index is 0.0447. The summed E-state index contributed by atoms with van der Waals surface area (Å²) in [5.74, 6) is 0.744. The minimum Gasteiger partial charge on any atom is -0.497 e. The molecule has 0 aliphatic carbocycles. The minimum atomic E-state index is -0.0668. The molecule has 2 amide bonds. The third kappa shape index (κ3) is 4.74. The molecule has 0 saturated carbocycles. The van der Waals surface area contributed by atoms with Crippen molar-refractivity contribution in [3.05, 3.63) is 36.0 Å². The molecule has 0 radical (unpaired) electrons. The molecule has 27 heavy (non-hydrogen) atoms. The quantitative estimate of drug-likeness (QED) is 0.835. The van der Waals surface area contributed by atoms with Crippen LogP contribution in [0.2, 0.25) is 0 Å². The Morgan fingerprint density at radius 1 is 1.15 bits per heavy atom. The zero-order valence-corrected chi connectivity index (χ0v) is 15.9. The van der Waals surface area contributed by atoms with Gasteiger partial charge in [0.25, 0.3) is 5.91 Å². The molecule has 2 heterocycles. The Bertz CT molecular complexity index is 816. The van der Waals surface area contributed by atoms with Crippen LogP contribution in [0.25, 0.3) is 10.9 Å². The Labute approximate surface area is 159 Å². The number of ether oxygens (including phenoxy) is 1. The van der Waals surface area contributed by atoms with Gasteiger partial charge in [0.1, 0.15) is 11.4 Å². The maximum Gasteiger partial charge on any atom is 0.272 e. The molecule has 0 unspecified atom stereocenters. The summed E-state index contributed by atoms with van der Waals surface area (Å²) < 4.78 is 5.22. The van der Waals surface area contributed by atoms with E-state index in [0.29, 0.717) is 45.0 Å². The molecule has 1 aliphatic heterocycles. The third-order valence-electron chi connectivity index (χ3n) is 4.71. The van der Waals surface area contributed by atoms with Crippen molar-refractivity contribution in [1.82, 2.24) is 20.1 Å². The number of benzene rings is 1. The van der Waals surface area contributed by atoms with Crippen molar-refractivity contribution < 1.29 is 14.3 Å². The summed E-state index contributed by atoms with van der Waals surface area (Å²) in [6.45, 7) is 5.70. The fraction of sp³-hybridized carbons (Fsp3) is 0.450. The Hall–Kier alpha value is -2.67. The van der Waals surface area contributed by atoms with Crippen molar-refractivity contribution in [2.75, 3.05) is 46.4 Å². The molecule has 0 atom stereocenters. The molecule has 1 fully saturated rings. The van der Waals surface area contributed by atoms with E-state index in [0.717, 1.165) is 23.1 Å². The summed E-state index contributed by atoms with van der Waals surface area (Å²) in [5, 5.41) is 3.82. The van der Waals surface area contributed by atoms with Gasteiger partial charge in [-0.1, -0.05) is 13.0 Å².